The molecule has 0 aromatic carbocycles. The Balaban J connectivity index is 5.51. The highest BCUT2D eigenvalue weighted by molar-refractivity contribution is 14.1. The molecule has 0 aliphatic rings. The molecule has 0 aromatic heterocycles. The van der Waals surface area contributed by atoms with Crippen LogP contribution in [-0.2, 0) is 0 Å². The van der Waals surface area contributed by atoms with Gasteiger partial charge in [-0.15, -0.1) is 0 Å². The second kappa shape index (κ2) is 5.54. The summed E-state index contributed by atoms with van der Waals surface area (Å²) in [4.78, 5) is 1.07. The molecule has 0 amide bonds. The summed E-state index contributed by atoms with van der Waals surface area (Å²) in [6.07, 6.45) is 0. The van der Waals surface area contributed by atoms with Gasteiger partial charge in [-0.05, 0) is 18.9 Å². The zero-order valence-electron chi connectivity index (χ0n) is 12.6. The Labute approximate surface area is 120 Å². The molecule has 0 rings (SSSR count). The van der Waals surface area contributed by atoms with Gasteiger partial charge >= 0.3 is 0 Å². The summed E-state index contributed by atoms with van der Waals surface area (Å²) in [5.74, 6) is 0. The van der Waals surface area contributed by atoms with Gasteiger partial charge in [-0.2, -0.15) is 0 Å². The first kappa shape index (κ1) is 17.3. The van der Waals surface area contributed by atoms with Crippen molar-refractivity contribution in [1.82, 2.24) is 4.57 Å². The Morgan fingerprint density at radius 1 is 0.875 bits per heavy atom. The van der Waals surface area contributed by atoms with Gasteiger partial charge in [0, 0.05) is 20.2 Å². The predicted octanol–water partition coefficient (Wildman–Crippen LogP) is 4.22. The number of hydrogen-bond acceptors (Lipinski definition) is 1. The predicted molar refractivity (Wildman–Crippen MR) is 94.6 cm³/mol. The topological polar surface area (TPSA) is 3.24 Å². The van der Waals surface area contributed by atoms with Crippen LogP contribution >= 0.6 is 22.6 Å². The lowest BCUT2D eigenvalue weighted by molar-refractivity contribution is 0.619. The minimum absolute atomic E-state index is 1.06. The first-order valence-electron chi connectivity index (χ1n) is 6.10. The maximum absolute atomic E-state index is 2.64. The summed E-state index contributed by atoms with van der Waals surface area (Å²) in [5, 5.41) is 0. The Bertz CT molecular complexity index is 218. The maximum Gasteiger partial charge on any atom is 0.132 e. The third-order valence-corrected chi connectivity index (χ3v) is 29.7. The minimum Gasteiger partial charge on any atom is -0.329 e. The van der Waals surface area contributed by atoms with Crippen LogP contribution in [0.2, 0.25) is 50.6 Å². The third kappa shape index (κ3) is 3.93. The lowest BCUT2D eigenvalue weighted by atomic mass is 11.3. The van der Waals surface area contributed by atoms with E-state index in [0.29, 0.717) is 0 Å². The van der Waals surface area contributed by atoms with Gasteiger partial charge in [-0.25, -0.2) is 0 Å². The van der Waals surface area contributed by atoms with E-state index in [9.17, 15) is 0 Å². The van der Waals surface area contributed by atoms with Crippen LogP contribution in [0.15, 0.2) is 0 Å². The molecule has 0 N–H and O–H groups in total. The second-order valence-electron chi connectivity index (χ2n) is 7.55. The van der Waals surface area contributed by atoms with Crippen molar-refractivity contribution in [3.8, 4) is 0 Å². The Hall–Kier alpha value is 1.34. The molecule has 1 atom stereocenters. The van der Waals surface area contributed by atoms with Gasteiger partial charge in [0.05, 0.1) is 0 Å². The van der Waals surface area contributed by atoms with Gasteiger partial charge in [0.25, 0.3) is 0 Å². The zero-order valence-corrected chi connectivity index (χ0v) is 17.8. The largest absolute Gasteiger partial charge is 0.329 e. The number of rotatable bonds is 5. The van der Waals surface area contributed by atoms with Crippen molar-refractivity contribution in [2.24, 2.45) is 0 Å². The summed E-state index contributed by atoms with van der Waals surface area (Å²) < 4.78 is 3.98. The molecule has 1 nitrogen and oxygen atoms in total. The number of halogens is 1. The lowest BCUT2D eigenvalue weighted by Crippen LogP contribution is -2.65. The Kier molecular flexibility index (Phi) is 6.01. The SMILES string of the molecule is CN(C)[Si](C)(CI)C([Si](C)(C)C)[Si](C)(C)C. The molecule has 0 aliphatic heterocycles. The molecule has 0 fully saturated rings. The van der Waals surface area contributed by atoms with Crippen molar-refractivity contribution in [2.75, 3.05) is 18.1 Å². The quantitative estimate of drug-likeness (QED) is 0.388. The molecular weight excluding hydrogens is 357 g/mol. The van der Waals surface area contributed by atoms with Crippen LogP contribution < -0.4 is 0 Å². The van der Waals surface area contributed by atoms with E-state index >= 15 is 0 Å². The first-order chi connectivity index (χ1) is 6.87. The molecule has 5 heteroatoms. The van der Waals surface area contributed by atoms with E-state index in [4.69, 9.17) is 0 Å². The van der Waals surface area contributed by atoms with Crippen LogP contribution in [0.5, 0.6) is 0 Å². The average Bonchev–Trinajstić information content (AvgIpc) is 1.97. The second-order valence-corrected chi connectivity index (χ2v) is 26.6. The summed E-state index contributed by atoms with van der Waals surface area (Å²) in [7, 11) is 1.25. The van der Waals surface area contributed by atoms with Gasteiger partial charge in [0.15, 0.2) is 0 Å². The molecule has 0 bridgehead atoms. The van der Waals surface area contributed by atoms with Crippen LogP contribution in [0.25, 0.3) is 0 Å². The summed E-state index contributed by atoms with van der Waals surface area (Å²) in [5.41, 5.74) is 0. The fourth-order valence-electron chi connectivity index (χ4n) is 3.62. The number of alkyl halides is 1. The van der Waals surface area contributed by atoms with E-state index < -0.39 is 24.4 Å². The minimum atomic E-state index is -1.26. The molecule has 0 heterocycles. The zero-order chi connectivity index (χ0) is 13.4. The van der Waals surface area contributed by atoms with Crippen molar-refractivity contribution >= 4 is 47.0 Å². The van der Waals surface area contributed by atoms with Crippen LogP contribution in [0, 0.1) is 0 Å². The number of hydrogen-bond donors (Lipinski definition) is 0. The average molecular weight is 388 g/mol. The Morgan fingerprint density at radius 3 is 1.25 bits per heavy atom. The molecule has 0 aromatic rings. The van der Waals surface area contributed by atoms with Crippen molar-refractivity contribution in [2.45, 2.75) is 50.6 Å². The van der Waals surface area contributed by atoms with Crippen LogP contribution in [-0.4, -0.2) is 47.1 Å². The first-order valence-corrected chi connectivity index (χ1v) is 17.5. The Morgan fingerprint density at radius 2 is 1.19 bits per heavy atom. The fraction of sp³-hybridized carbons (Fsp3) is 1.00. The van der Waals surface area contributed by atoms with E-state index in [0.717, 1.165) is 4.79 Å². The van der Waals surface area contributed by atoms with Gasteiger partial charge in [-0.1, -0.05) is 68.4 Å². The van der Waals surface area contributed by atoms with Crippen molar-refractivity contribution in [3.63, 3.8) is 0 Å². The molecule has 0 aliphatic carbocycles. The summed E-state index contributed by atoms with van der Waals surface area (Å²) in [6, 6.07) is 0. The van der Waals surface area contributed by atoms with Crippen molar-refractivity contribution in [3.05, 3.63) is 0 Å². The number of nitrogens with zero attached hydrogens (tertiary/aromatic N) is 1. The third-order valence-electron chi connectivity index (χ3n) is 3.65. The van der Waals surface area contributed by atoms with Crippen LogP contribution in [0.3, 0.4) is 0 Å². The standard InChI is InChI=1S/C11H30INSi3/c1-13(2)16(9,10-12)11(14(3,4)5)15(6,7)8/h11H,10H2,1-9H3. The van der Waals surface area contributed by atoms with E-state index in [-0.39, 0.29) is 0 Å². The van der Waals surface area contributed by atoms with Crippen molar-refractivity contribution in [1.29, 1.82) is 0 Å². The normalized spacial score (nSPS) is 18.0. The molecule has 0 radical (unpaired) electrons. The van der Waals surface area contributed by atoms with E-state index in [1.54, 1.807) is 0 Å². The highest BCUT2D eigenvalue weighted by Gasteiger charge is 2.51. The van der Waals surface area contributed by atoms with Gasteiger partial charge in [0.1, 0.15) is 8.24 Å². The molecule has 0 saturated carbocycles. The van der Waals surface area contributed by atoms with E-state index in [1.165, 1.54) is 4.05 Å². The molecule has 98 valence electrons. The van der Waals surface area contributed by atoms with E-state index in [2.05, 4.69) is 87.1 Å². The summed E-state index contributed by atoms with van der Waals surface area (Å²) >= 11 is 2.64. The maximum atomic E-state index is 2.64. The lowest BCUT2D eigenvalue weighted by Gasteiger charge is -2.51. The van der Waals surface area contributed by atoms with E-state index in [1.807, 2.05) is 0 Å². The monoisotopic (exact) mass is 387 g/mol. The highest BCUT2D eigenvalue weighted by atomic mass is 127. The molecule has 0 saturated heterocycles. The molecule has 1 unspecified atom stereocenters. The van der Waals surface area contributed by atoms with Crippen molar-refractivity contribution < 1.29 is 0 Å². The smallest absolute Gasteiger partial charge is 0.132 e. The fourth-order valence-corrected chi connectivity index (χ4v) is 37.9. The summed E-state index contributed by atoms with van der Waals surface area (Å²) in [6.45, 7) is 18.1. The van der Waals surface area contributed by atoms with Gasteiger partial charge in [-0.3, -0.25) is 0 Å². The molecule has 0 spiro atoms. The van der Waals surface area contributed by atoms with Gasteiger partial charge < -0.3 is 4.57 Å². The van der Waals surface area contributed by atoms with Crippen LogP contribution in [0.4, 0.5) is 0 Å². The molecule has 16 heavy (non-hydrogen) atoms. The van der Waals surface area contributed by atoms with Crippen LogP contribution in [0.1, 0.15) is 0 Å². The van der Waals surface area contributed by atoms with Gasteiger partial charge in [0.2, 0.25) is 0 Å². The highest BCUT2D eigenvalue weighted by Crippen LogP contribution is 2.41. The molecular formula is C11H30INSi3.